The van der Waals surface area contributed by atoms with Gasteiger partial charge in [0.2, 0.25) is 0 Å². The van der Waals surface area contributed by atoms with Crippen molar-refractivity contribution >= 4 is 28.3 Å². The Bertz CT molecular complexity index is 738. The quantitative estimate of drug-likeness (QED) is 0.806. The first-order chi connectivity index (χ1) is 11.8. The Balaban J connectivity index is 0.00000129. The third kappa shape index (κ3) is 1.62. The van der Waals surface area contributed by atoms with Crippen LogP contribution in [0.4, 0.5) is 0 Å². The zero-order valence-corrected chi connectivity index (χ0v) is 16.3. The lowest BCUT2D eigenvalue weighted by atomic mass is 9.57. The van der Waals surface area contributed by atoms with E-state index in [1.54, 1.807) is 0 Å². The van der Waals surface area contributed by atoms with E-state index >= 15 is 0 Å². The fourth-order valence-electron chi connectivity index (χ4n) is 8.47. The van der Waals surface area contributed by atoms with Crippen LogP contribution in [0.3, 0.4) is 0 Å². The van der Waals surface area contributed by atoms with Crippen molar-refractivity contribution < 1.29 is 9.47 Å². The molecule has 6 aliphatic rings. The van der Waals surface area contributed by atoms with E-state index < -0.39 is 0 Å². The molecule has 1 aromatic carbocycles. The third-order valence-corrected chi connectivity index (χ3v) is 9.04. The molecule has 1 spiro atoms. The first-order valence-electron chi connectivity index (χ1n) is 9.55. The van der Waals surface area contributed by atoms with E-state index in [0.29, 0.717) is 17.9 Å². The molecule has 5 heteroatoms. The summed E-state index contributed by atoms with van der Waals surface area (Å²) in [6, 6.07) is 9.40. The van der Waals surface area contributed by atoms with Crippen LogP contribution in [0.2, 0.25) is 0 Å². The van der Waals surface area contributed by atoms with Gasteiger partial charge in [0.1, 0.15) is 0 Å². The second-order valence-corrected chi connectivity index (χ2v) is 9.79. The van der Waals surface area contributed by atoms with Crippen LogP contribution in [-0.4, -0.2) is 25.0 Å². The summed E-state index contributed by atoms with van der Waals surface area (Å²) in [5, 5.41) is 3.98. The van der Waals surface area contributed by atoms with E-state index in [1.807, 2.05) is 0 Å². The molecule has 25 heavy (non-hydrogen) atoms. The Morgan fingerprint density at radius 3 is 2.68 bits per heavy atom. The summed E-state index contributed by atoms with van der Waals surface area (Å²) in [4.78, 5) is 0. The number of nitrogens with one attached hydrogen (secondary N) is 1. The molecule has 1 aromatic rings. The fourth-order valence-corrected chi connectivity index (χ4v) is 8.91. The van der Waals surface area contributed by atoms with Crippen molar-refractivity contribution in [2.24, 2.45) is 47.3 Å². The van der Waals surface area contributed by atoms with Gasteiger partial charge in [0, 0.05) is 28.9 Å². The van der Waals surface area contributed by atoms with Gasteiger partial charge in [0.25, 0.3) is 0 Å². The number of rotatable bonds is 3. The SMILES string of the molecule is Brc1cccc(CNC2C3C4CC5C6C4C2C6C2(OCCO2)C53)c1.Cl. The van der Waals surface area contributed by atoms with Gasteiger partial charge in [-0.2, -0.15) is 0 Å². The highest BCUT2D eigenvalue weighted by atomic mass is 79.9. The predicted octanol–water partition coefficient (Wildman–Crippen LogP) is 3.46. The summed E-state index contributed by atoms with van der Waals surface area (Å²) in [5.74, 6) is 6.56. The second-order valence-electron chi connectivity index (χ2n) is 8.88. The molecule has 1 heterocycles. The van der Waals surface area contributed by atoms with Crippen LogP contribution in [0.5, 0.6) is 0 Å². The largest absolute Gasteiger partial charge is 0.347 e. The highest BCUT2D eigenvalue weighted by Crippen LogP contribution is 2.86. The average molecular weight is 425 g/mol. The van der Waals surface area contributed by atoms with Gasteiger partial charge in [-0.15, -0.1) is 12.4 Å². The molecule has 6 fully saturated rings. The smallest absolute Gasteiger partial charge is 0.175 e. The van der Waals surface area contributed by atoms with Gasteiger partial charge in [-0.25, -0.2) is 0 Å². The van der Waals surface area contributed by atoms with Gasteiger partial charge in [-0.3, -0.25) is 0 Å². The number of halogens is 2. The number of hydrogen-bond acceptors (Lipinski definition) is 3. The Morgan fingerprint density at radius 1 is 1.04 bits per heavy atom. The zero-order chi connectivity index (χ0) is 15.6. The van der Waals surface area contributed by atoms with Crippen molar-refractivity contribution in [2.75, 3.05) is 13.2 Å². The lowest BCUT2D eigenvalue weighted by Crippen LogP contribution is -2.62. The monoisotopic (exact) mass is 423 g/mol. The molecule has 0 aromatic heterocycles. The van der Waals surface area contributed by atoms with Crippen LogP contribution < -0.4 is 5.32 Å². The fraction of sp³-hybridized carbons (Fsp3) is 0.700. The van der Waals surface area contributed by atoms with E-state index in [4.69, 9.17) is 9.47 Å². The van der Waals surface area contributed by atoms with Crippen LogP contribution in [0.15, 0.2) is 28.7 Å². The highest BCUT2D eigenvalue weighted by molar-refractivity contribution is 9.10. The van der Waals surface area contributed by atoms with Crippen molar-refractivity contribution in [3.05, 3.63) is 34.3 Å². The van der Waals surface area contributed by atoms with Gasteiger partial charge in [0.15, 0.2) is 5.79 Å². The first-order valence-corrected chi connectivity index (χ1v) is 10.3. The van der Waals surface area contributed by atoms with Crippen molar-refractivity contribution in [1.82, 2.24) is 5.32 Å². The summed E-state index contributed by atoms with van der Waals surface area (Å²) in [6.45, 7) is 2.62. The van der Waals surface area contributed by atoms with E-state index in [9.17, 15) is 0 Å². The van der Waals surface area contributed by atoms with E-state index in [2.05, 4.69) is 45.5 Å². The maximum absolute atomic E-state index is 6.33. The molecule has 1 saturated heterocycles. The van der Waals surface area contributed by atoms with Crippen LogP contribution in [-0.2, 0) is 16.0 Å². The molecule has 5 aliphatic carbocycles. The molecule has 1 aliphatic heterocycles. The maximum atomic E-state index is 6.33. The van der Waals surface area contributed by atoms with Crippen molar-refractivity contribution in [3.8, 4) is 0 Å². The number of benzene rings is 1. The average Bonchev–Trinajstić information content (AvgIpc) is 3.23. The van der Waals surface area contributed by atoms with Crippen molar-refractivity contribution in [1.29, 1.82) is 0 Å². The third-order valence-electron chi connectivity index (χ3n) is 8.55. The molecule has 9 atom stereocenters. The van der Waals surface area contributed by atoms with Crippen LogP contribution in [0.25, 0.3) is 0 Å². The van der Waals surface area contributed by atoms with Crippen LogP contribution >= 0.6 is 28.3 Å². The second kappa shape index (κ2) is 5.02. The maximum Gasteiger partial charge on any atom is 0.175 e. The molecule has 3 nitrogen and oxygen atoms in total. The summed E-state index contributed by atoms with van der Waals surface area (Å²) < 4.78 is 13.8. The lowest BCUT2D eigenvalue weighted by Gasteiger charge is -2.54. The minimum Gasteiger partial charge on any atom is -0.347 e. The van der Waals surface area contributed by atoms with Crippen molar-refractivity contribution in [3.63, 3.8) is 0 Å². The molecule has 2 bridgehead atoms. The lowest BCUT2D eigenvalue weighted by molar-refractivity contribution is -0.264. The normalized spacial score (nSPS) is 51.3. The minimum absolute atomic E-state index is 0. The van der Waals surface area contributed by atoms with Crippen LogP contribution in [0.1, 0.15) is 12.0 Å². The predicted molar refractivity (Wildman–Crippen MR) is 99.2 cm³/mol. The molecule has 1 N–H and O–H groups in total. The minimum atomic E-state index is -0.166. The van der Waals surface area contributed by atoms with Crippen LogP contribution in [0, 0.1) is 47.3 Å². The molecule has 7 rings (SSSR count). The van der Waals surface area contributed by atoms with Gasteiger partial charge in [-0.05, 0) is 59.6 Å². The zero-order valence-electron chi connectivity index (χ0n) is 13.9. The molecule has 0 amide bonds. The molecule has 5 saturated carbocycles. The van der Waals surface area contributed by atoms with Gasteiger partial charge in [-0.1, -0.05) is 28.1 Å². The summed E-state index contributed by atoms with van der Waals surface area (Å²) in [5.41, 5.74) is 1.38. The van der Waals surface area contributed by atoms with Gasteiger partial charge < -0.3 is 14.8 Å². The number of ether oxygens (including phenoxy) is 2. The van der Waals surface area contributed by atoms with Crippen molar-refractivity contribution in [2.45, 2.75) is 24.8 Å². The first kappa shape index (κ1) is 15.9. The Morgan fingerprint density at radius 2 is 1.88 bits per heavy atom. The van der Waals surface area contributed by atoms with Gasteiger partial charge >= 0.3 is 0 Å². The number of fused-ring (bicyclic) bond motifs is 4. The summed E-state index contributed by atoms with van der Waals surface area (Å²) in [7, 11) is 0. The summed E-state index contributed by atoms with van der Waals surface area (Å²) >= 11 is 3.59. The summed E-state index contributed by atoms with van der Waals surface area (Å²) in [6.07, 6.45) is 1.46. The Kier molecular flexibility index (Phi) is 3.19. The van der Waals surface area contributed by atoms with E-state index in [0.717, 1.165) is 55.3 Å². The van der Waals surface area contributed by atoms with Gasteiger partial charge in [0.05, 0.1) is 13.2 Å². The number of hydrogen-bond donors (Lipinski definition) is 1. The molecular weight excluding hydrogens is 402 g/mol. The Labute approximate surface area is 162 Å². The molecule has 134 valence electrons. The molecular formula is C20H23BrClNO2. The highest BCUT2D eigenvalue weighted by Gasteiger charge is 2.88. The topological polar surface area (TPSA) is 30.5 Å². The van der Waals surface area contributed by atoms with E-state index in [-0.39, 0.29) is 18.2 Å². The Hall–Kier alpha value is -0.130. The van der Waals surface area contributed by atoms with E-state index in [1.165, 1.54) is 16.5 Å². The molecule has 9 unspecified atom stereocenters. The molecule has 0 radical (unpaired) electrons. The standard InChI is InChI=1S/C20H22BrNO2.ClH/c21-10-3-1-2-9(6-10)8-22-19-15-11-7-12-14-13(11)16(19)18(14)20(17(12)15)23-4-5-24-20;/h1-3,6,11-19,22H,4-5,7-8H2;1H.